The Morgan fingerprint density at radius 1 is 1.38 bits per heavy atom. The third-order valence-corrected chi connectivity index (χ3v) is 3.20. The zero-order valence-electron chi connectivity index (χ0n) is 11.4. The van der Waals surface area contributed by atoms with E-state index in [1.807, 2.05) is 0 Å². The monoisotopic (exact) mass is 376 g/mol. The second-order valence-corrected chi connectivity index (χ2v) is 5.34. The van der Waals surface area contributed by atoms with Crippen molar-refractivity contribution in [1.29, 1.82) is 0 Å². The van der Waals surface area contributed by atoms with Gasteiger partial charge in [0.2, 0.25) is 0 Å². The third-order valence-electron chi connectivity index (χ3n) is 2.38. The SMILES string of the molecule is CCNC(=O)NC(=O)C(C)OC(=O)c1cc(Br)ccc1Cl. The molecule has 1 atom stereocenters. The molecule has 1 rings (SSSR count). The lowest BCUT2D eigenvalue weighted by Crippen LogP contribution is -2.44. The van der Waals surface area contributed by atoms with Gasteiger partial charge in [-0.2, -0.15) is 0 Å². The van der Waals surface area contributed by atoms with Crippen LogP contribution in [0.5, 0.6) is 0 Å². The summed E-state index contributed by atoms with van der Waals surface area (Å²) in [5.74, 6) is -1.47. The number of imide groups is 1. The fourth-order valence-electron chi connectivity index (χ4n) is 1.35. The van der Waals surface area contributed by atoms with Crippen molar-refractivity contribution in [3.63, 3.8) is 0 Å². The first-order valence-electron chi connectivity index (χ1n) is 6.09. The molecular formula is C13H14BrClN2O4. The smallest absolute Gasteiger partial charge is 0.340 e. The summed E-state index contributed by atoms with van der Waals surface area (Å²) in [6, 6.07) is 4.04. The number of rotatable bonds is 4. The molecule has 1 aromatic carbocycles. The maximum absolute atomic E-state index is 11.9. The topological polar surface area (TPSA) is 84.5 Å². The second kappa shape index (κ2) is 7.99. The van der Waals surface area contributed by atoms with Crippen molar-refractivity contribution in [2.45, 2.75) is 20.0 Å². The summed E-state index contributed by atoms with van der Waals surface area (Å²) in [5, 5.41) is 4.66. The Labute approximate surface area is 135 Å². The van der Waals surface area contributed by atoms with Gasteiger partial charge in [-0.05, 0) is 32.0 Å². The molecule has 8 heteroatoms. The minimum absolute atomic E-state index is 0.128. The summed E-state index contributed by atoms with van der Waals surface area (Å²) in [6.45, 7) is 3.45. The van der Waals surface area contributed by atoms with Crippen molar-refractivity contribution < 1.29 is 19.1 Å². The van der Waals surface area contributed by atoms with Crippen LogP contribution in [0.1, 0.15) is 24.2 Å². The number of esters is 1. The van der Waals surface area contributed by atoms with Gasteiger partial charge in [-0.15, -0.1) is 0 Å². The molecule has 0 saturated carbocycles. The molecule has 1 unspecified atom stereocenters. The molecule has 114 valence electrons. The van der Waals surface area contributed by atoms with Gasteiger partial charge in [-0.1, -0.05) is 27.5 Å². The Kier molecular flexibility index (Phi) is 6.64. The van der Waals surface area contributed by atoms with Crippen molar-refractivity contribution >= 4 is 45.4 Å². The number of carbonyl (C=O) groups is 3. The molecule has 3 amide bonds. The van der Waals surface area contributed by atoms with E-state index in [0.29, 0.717) is 11.0 Å². The van der Waals surface area contributed by atoms with Crippen LogP contribution < -0.4 is 10.6 Å². The summed E-state index contributed by atoms with van der Waals surface area (Å²) in [5.41, 5.74) is 0.128. The zero-order chi connectivity index (χ0) is 16.0. The summed E-state index contributed by atoms with van der Waals surface area (Å²) >= 11 is 9.10. The average Bonchev–Trinajstić information content (AvgIpc) is 2.41. The molecule has 0 bridgehead atoms. The molecular weight excluding hydrogens is 364 g/mol. The quantitative estimate of drug-likeness (QED) is 0.790. The van der Waals surface area contributed by atoms with E-state index in [0.717, 1.165) is 0 Å². The van der Waals surface area contributed by atoms with Gasteiger partial charge < -0.3 is 10.1 Å². The predicted molar refractivity (Wildman–Crippen MR) is 81.2 cm³/mol. The fourth-order valence-corrected chi connectivity index (χ4v) is 1.91. The summed E-state index contributed by atoms with van der Waals surface area (Å²) in [6.07, 6.45) is -1.13. The van der Waals surface area contributed by atoms with Crippen LogP contribution in [-0.2, 0) is 9.53 Å². The van der Waals surface area contributed by atoms with E-state index < -0.39 is 24.0 Å². The lowest BCUT2D eigenvalue weighted by molar-refractivity contribution is -0.127. The van der Waals surface area contributed by atoms with Crippen LogP contribution in [0.15, 0.2) is 22.7 Å². The molecule has 0 spiro atoms. The number of hydrogen-bond donors (Lipinski definition) is 2. The molecule has 0 heterocycles. The molecule has 0 fully saturated rings. The number of urea groups is 1. The zero-order valence-corrected chi connectivity index (χ0v) is 13.7. The van der Waals surface area contributed by atoms with Crippen LogP contribution in [0.2, 0.25) is 5.02 Å². The van der Waals surface area contributed by atoms with Crippen LogP contribution in [0.4, 0.5) is 4.79 Å². The summed E-state index contributed by atoms with van der Waals surface area (Å²) in [7, 11) is 0. The van der Waals surface area contributed by atoms with Crippen LogP contribution in [0.3, 0.4) is 0 Å². The molecule has 0 radical (unpaired) electrons. The first-order valence-corrected chi connectivity index (χ1v) is 7.27. The predicted octanol–water partition coefficient (Wildman–Crippen LogP) is 2.49. The van der Waals surface area contributed by atoms with E-state index in [1.165, 1.54) is 19.1 Å². The number of amides is 3. The van der Waals surface area contributed by atoms with E-state index in [2.05, 4.69) is 26.6 Å². The van der Waals surface area contributed by atoms with Crippen molar-refractivity contribution in [3.05, 3.63) is 33.3 Å². The summed E-state index contributed by atoms with van der Waals surface area (Å²) in [4.78, 5) is 34.8. The lowest BCUT2D eigenvalue weighted by atomic mass is 10.2. The first-order chi connectivity index (χ1) is 9.85. The largest absolute Gasteiger partial charge is 0.449 e. The van der Waals surface area contributed by atoms with Gasteiger partial charge in [-0.25, -0.2) is 9.59 Å². The number of ether oxygens (including phenoxy) is 1. The van der Waals surface area contributed by atoms with E-state index in [-0.39, 0.29) is 10.6 Å². The highest BCUT2D eigenvalue weighted by Gasteiger charge is 2.22. The second-order valence-electron chi connectivity index (χ2n) is 4.02. The van der Waals surface area contributed by atoms with Crippen molar-refractivity contribution in [3.8, 4) is 0 Å². The number of benzene rings is 1. The molecule has 6 nitrogen and oxygen atoms in total. The van der Waals surface area contributed by atoms with Gasteiger partial charge in [-0.3, -0.25) is 10.1 Å². The third kappa shape index (κ3) is 5.35. The number of hydrogen-bond acceptors (Lipinski definition) is 4. The van der Waals surface area contributed by atoms with E-state index in [9.17, 15) is 14.4 Å². The number of carbonyl (C=O) groups excluding carboxylic acids is 3. The minimum Gasteiger partial charge on any atom is -0.449 e. The van der Waals surface area contributed by atoms with Gasteiger partial charge >= 0.3 is 12.0 Å². The van der Waals surface area contributed by atoms with Crippen LogP contribution in [0.25, 0.3) is 0 Å². The Morgan fingerprint density at radius 2 is 2.05 bits per heavy atom. The minimum atomic E-state index is -1.13. The Morgan fingerprint density at radius 3 is 2.67 bits per heavy atom. The molecule has 0 aromatic heterocycles. The van der Waals surface area contributed by atoms with E-state index in [1.54, 1.807) is 13.0 Å². The molecule has 0 aliphatic heterocycles. The molecule has 0 aliphatic carbocycles. The maximum atomic E-state index is 11.9. The van der Waals surface area contributed by atoms with Gasteiger partial charge in [0, 0.05) is 11.0 Å². The summed E-state index contributed by atoms with van der Waals surface area (Å²) < 4.78 is 5.63. The average molecular weight is 378 g/mol. The van der Waals surface area contributed by atoms with Crippen LogP contribution in [-0.4, -0.2) is 30.6 Å². The Bertz CT molecular complexity index is 565. The highest BCUT2D eigenvalue weighted by atomic mass is 79.9. The van der Waals surface area contributed by atoms with Crippen LogP contribution in [0, 0.1) is 0 Å². The number of halogens is 2. The highest BCUT2D eigenvalue weighted by Crippen LogP contribution is 2.22. The maximum Gasteiger partial charge on any atom is 0.340 e. The van der Waals surface area contributed by atoms with Crippen LogP contribution >= 0.6 is 27.5 Å². The Balaban J connectivity index is 2.67. The number of nitrogens with one attached hydrogen (secondary N) is 2. The highest BCUT2D eigenvalue weighted by molar-refractivity contribution is 9.10. The molecule has 2 N–H and O–H groups in total. The molecule has 0 saturated heterocycles. The van der Waals surface area contributed by atoms with E-state index >= 15 is 0 Å². The molecule has 21 heavy (non-hydrogen) atoms. The fraction of sp³-hybridized carbons (Fsp3) is 0.308. The van der Waals surface area contributed by atoms with Gasteiger partial charge in [0.1, 0.15) is 0 Å². The van der Waals surface area contributed by atoms with Crippen molar-refractivity contribution in [1.82, 2.24) is 10.6 Å². The van der Waals surface area contributed by atoms with Gasteiger partial charge in [0.15, 0.2) is 6.10 Å². The van der Waals surface area contributed by atoms with Gasteiger partial charge in [0.25, 0.3) is 5.91 Å². The Hall–Kier alpha value is -1.60. The van der Waals surface area contributed by atoms with Crippen molar-refractivity contribution in [2.24, 2.45) is 0 Å². The lowest BCUT2D eigenvalue weighted by Gasteiger charge is -2.13. The van der Waals surface area contributed by atoms with Gasteiger partial charge in [0.05, 0.1) is 10.6 Å². The molecule has 0 aliphatic rings. The normalized spacial score (nSPS) is 11.4. The first kappa shape index (κ1) is 17.5. The van der Waals surface area contributed by atoms with Crippen molar-refractivity contribution in [2.75, 3.05) is 6.54 Å². The van der Waals surface area contributed by atoms with E-state index in [4.69, 9.17) is 16.3 Å². The standard InChI is InChI=1S/C13H14BrClN2O4/c1-3-16-13(20)17-11(18)7(2)21-12(19)9-6-8(14)4-5-10(9)15/h4-7H,3H2,1-2H3,(H2,16,17,18,20). The molecule has 1 aromatic rings.